The number of hydrogen-bond donors (Lipinski definition) is 0. The zero-order chi connectivity index (χ0) is 7.33. The van der Waals surface area contributed by atoms with Crippen molar-refractivity contribution >= 4 is 15.9 Å². The van der Waals surface area contributed by atoms with Gasteiger partial charge in [0.05, 0.1) is 12.1 Å². The Morgan fingerprint density at radius 2 is 1.89 bits per heavy atom. The fourth-order valence-corrected chi connectivity index (χ4v) is 0.878. The van der Waals surface area contributed by atoms with Crippen molar-refractivity contribution < 1.29 is 0 Å². The van der Waals surface area contributed by atoms with E-state index < -0.39 is 4.32 Å². The molecule has 9 heavy (non-hydrogen) atoms. The van der Waals surface area contributed by atoms with Gasteiger partial charge in [-0.3, -0.25) is 0 Å². The van der Waals surface area contributed by atoms with E-state index in [1.807, 2.05) is 19.1 Å². The van der Waals surface area contributed by atoms with E-state index in [4.69, 9.17) is 10.5 Å². The van der Waals surface area contributed by atoms with E-state index in [-0.39, 0.29) is 0 Å². The van der Waals surface area contributed by atoms with Crippen molar-refractivity contribution in [3.63, 3.8) is 0 Å². The molecule has 0 radical (unpaired) electrons. The number of hydrogen-bond acceptors (Lipinski definition) is 2. The molecule has 0 spiro atoms. The molecule has 0 aliphatic rings. The van der Waals surface area contributed by atoms with Crippen molar-refractivity contribution in [1.29, 1.82) is 10.5 Å². The van der Waals surface area contributed by atoms with Crippen LogP contribution in [0.25, 0.3) is 0 Å². The number of rotatable bonds is 2. The molecule has 0 bridgehead atoms. The molecular weight excluding hydrogens is 180 g/mol. The minimum Gasteiger partial charge on any atom is -0.196 e. The minimum atomic E-state index is -0.943. The van der Waals surface area contributed by atoms with Gasteiger partial charge >= 0.3 is 0 Å². The highest BCUT2D eigenvalue weighted by Gasteiger charge is 2.23. The fraction of sp³-hybridized carbons (Fsp3) is 0.667. The molecule has 0 N–H and O–H groups in total. The molecule has 0 aromatic rings. The number of alkyl halides is 1. The van der Waals surface area contributed by atoms with Crippen molar-refractivity contribution in [1.82, 2.24) is 0 Å². The molecule has 0 aliphatic heterocycles. The molecule has 0 unspecified atom stereocenters. The number of nitrogens with zero attached hydrogens (tertiary/aromatic N) is 2. The lowest BCUT2D eigenvalue weighted by atomic mass is 10.1. The van der Waals surface area contributed by atoms with Crippen molar-refractivity contribution in [2.45, 2.75) is 24.1 Å². The summed E-state index contributed by atoms with van der Waals surface area (Å²) < 4.78 is -0.943. The lowest BCUT2D eigenvalue weighted by Gasteiger charge is -2.05. The van der Waals surface area contributed by atoms with Gasteiger partial charge < -0.3 is 0 Å². The molecule has 0 saturated heterocycles. The van der Waals surface area contributed by atoms with Crippen molar-refractivity contribution in [3.05, 3.63) is 0 Å². The molecule has 0 saturated carbocycles. The van der Waals surface area contributed by atoms with Gasteiger partial charge in [0.25, 0.3) is 0 Å². The summed E-state index contributed by atoms with van der Waals surface area (Å²) in [5.41, 5.74) is 0. The van der Waals surface area contributed by atoms with Crippen LogP contribution in [0.3, 0.4) is 0 Å². The lowest BCUT2D eigenvalue weighted by molar-refractivity contribution is 0.762. The summed E-state index contributed by atoms with van der Waals surface area (Å²) in [6, 6.07) is 3.77. The highest BCUT2D eigenvalue weighted by atomic mass is 79.9. The van der Waals surface area contributed by atoms with Gasteiger partial charge in [-0.1, -0.05) is 29.3 Å². The predicted molar refractivity (Wildman–Crippen MR) is 37.8 cm³/mol. The molecule has 0 atom stereocenters. The SMILES string of the molecule is CCCC(Br)(C#N)C#N. The summed E-state index contributed by atoms with van der Waals surface area (Å²) in [7, 11) is 0. The Morgan fingerprint density at radius 1 is 1.44 bits per heavy atom. The normalized spacial score (nSPS) is 9.78. The van der Waals surface area contributed by atoms with Crippen LogP contribution in [-0.2, 0) is 0 Å². The zero-order valence-electron chi connectivity index (χ0n) is 5.19. The second-order valence-corrected chi connectivity index (χ2v) is 3.13. The summed E-state index contributed by atoms with van der Waals surface area (Å²) in [5, 5.41) is 16.8. The molecule has 2 nitrogen and oxygen atoms in total. The standard InChI is InChI=1S/C6H7BrN2/c1-2-3-6(7,4-8)5-9/h2-3H2,1H3. The molecule has 0 aromatic carbocycles. The van der Waals surface area contributed by atoms with Crippen LogP contribution in [0, 0.1) is 22.7 Å². The molecule has 0 heterocycles. The van der Waals surface area contributed by atoms with E-state index in [1.165, 1.54) is 0 Å². The minimum absolute atomic E-state index is 0.583. The van der Waals surface area contributed by atoms with E-state index in [1.54, 1.807) is 0 Å². The first kappa shape index (κ1) is 8.46. The summed E-state index contributed by atoms with van der Waals surface area (Å²) in [6.45, 7) is 1.94. The van der Waals surface area contributed by atoms with Crippen LogP contribution in [-0.4, -0.2) is 4.32 Å². The van der Waals surface area contributed by atoms with Crippen LogP contribution in [0.15, 0.2) is 0 Å². The fourth-order valence-electron chi connectivity index (χ4n) is 0.481. The van der Waals surface area contributed by atoms with Gasteiger partial charge in [-0.15, -0.1) is 0 Å². The first-order chi connectivity index (χ1) is 4.18. The van der Waals surface area contributed by atoms with Gasteiger partial charge in [0.15, 0.2) is 4.32 Å². The van der Waals surface area contributed by atoms with Crippen molar-refractivity contribution in [2.75, 3.05) is 0 Å². The Morgan fingerprint density at radius 3 is 2.00 bits per heavy atom. The molecule has 0 fully saturated rings. The molecule has 0 aromatic heterocycles. The average molecular weight is 187 g/mol. The second kappa shape index (κ2) is 3.48. The maximum atomic E-state index is 8.40. The van der Waals surface area contributed by atoms with E-state index >= 15 is 0 Å². The zero-order valence-corrected chi connectivity index (χ0v) is 6.77. The predicted octanol–water partition coefficient (Wildman–Crippen LogP) is 1.97. The molecular formula is C6H7BrN2. The van der Waals surface area contributed by atoms with Crippen molar-refractivity contribution in [2.24, 2.45) is 0 Å². The summed E-state index contributed by atoms with van der Waals surface area (Å²) >= 11 is 3.02. The van der Waals surface area contributed by atoms with Crippen molar-refractivity contribution in [3.8, 4) is 12.1 Å². The Bertz CT molecular complexity index is 149. The smallest absolute Gasteiger partial charge is 0.196 e. The monoisotopic (exact) mass is 186 g/mol. The van der Waals surface area contributed by atoms with Gasteiger partial charge in [-0.25, -0.2) is 0 Å². The third-order valence-electron chi connectivity index (χ3n) is 0.949. The van der Waals surface area contributed by atoms with Crippen LogP contribution >= 0.6 is 15.9 Å². The van der Waals surface area contributed by atoms with Crippen LogP contribution in [0.2, 0.25) is 0 Å². The van der Waals surface area contributed by atoms with Gasteiger partial charge in [-0.05, 0) is 6.42 Å². The quantitative estimate of drug-likeness (QED) is 0.620. The Hall–Kier alpha value is -0.540. The first-order valence-electron chi connectivity index (χ1n) is 2.70. The van der Waals surface area contributed by atoms with Gasteiger partial charge in [-0.2, -0.15) is 10.5 Å². The lowest BCUT2D eigenvalue weighted by Crippen LogP contribution is -2.13. The van der Waals surface area contributed by atoms with E-state index in [0.29, 0.717) is 6.42 Å². The van der Waals surface area contributed by atoms with Crippen LogP contribution in [0.5, 0.6) is 0 Å². The first-order valence-corrected chi connectivity index (χ1v) is 3.49. The Balaban J connectivity index is 4.02. The average Bonchev–Trinajstić information content (AvgIpc) is 1.89. The largest absolute Gasteiger partial charge is 0.197 e. The van der Waals surface area contributed by atoms with Gasteiger partial charge in [0, 0.05) is 0 Å². The highest BCUT2D eigenvalue weighted by Crippen LogP contribution is 2.21. The molecule has 0 rings (SSSR count). The van der Waals surface area contributed by atoms with E-state index in [2.05, 4.69) is 15.9 Å². The van der Waals surface area contributed by atoms with Gasteiger partial charge in [0.1, 0.15) is 0 Å². The summed E-state index contributed by atoms with van der Waals surface area (Å²) in [4.78, 5) is 0. The van der Waals surface area contributed by atoms with Crippen LogP contribution in [0.4, 0.5) is 0 Å². The highest BCUT2D eigenvalue weighted by molar-refractivity contribution is 9.10. The van der Waals surface area contributed by atoms with Crippen LogP contribution < -0.4 is 0 Å². The number of halogens is 1. The third kappa shape index (κ3) is 2.49. The molecule has 0 amide bonds. The summed E-state index contributed by atoms with van der Waals surface area (Å²) in [5.74, 6) is 0. The molecule has 0 aliphatic carbocycles. The summed E-state index contributed by atoms with van der Waals surface area (Å²) in [6.07, 6.45) is 1.42. The third-order valence-corrected chi connectivity index (χ3v) is 1.70. The molecule has 3 heteroatoms. The van der Waals surface area contributed by atoms with Gasteiger partial charge in [0.2, 0.25) is 0 Å². The van der Waals surface area contributed by atoms with E-state index in [0.717, 1.165) is 6.42 Å². The molecule has 48 valence electrons. The second-order valence-electron chi connectivity index (χ2n) is 1.77. The Kier molecular flexibility index (Phi) is 3.27. The maximum absolute atomic E-state index is 8.40. The van der Waals surface area contributed by atoms with E-state index in [9.17, 15) is 0 Å². The topological polar surface area (TPSA) is 47.6 Å². The Labute approximate surface area is 63.2 Å². The van der Waals surface area contributed by atoms with Crippen LogP contribution in [0.1, 0.15) is 19.8 Å². The number of nitriles is 2. The maximum Gasteiger partial charge on any atom is 0.197 e.